The molecule has 0 spiro atoms. The van der Waals surface area contributed by atoms with Crippen LogP contribution in [0.1, 0.15) is 64.4 Å². The Bertz CT molecular complexity index is 717. The average molecular weight is 393 g/mol. The minimum atomic E-state index is -0.986. The van der Waals surface area contributed by atoms with E-state index in [4.69, 9.17) is 4.74 Å². The summed E-state index contributed by atoms with van der Waals surface area (Å²) in [5.41, 5.74) is 1.30. The number of unbranched alkanes of at least 4 members (excludes halogenated alkanes) is 5. The second-order valence-corrected chi connectivity index (χ2v) is 7.23. The van der Waals surface area contributed by atoms with Crippen molar-refractivity contribution in [2.75, 3.05) is 6.61 Å². The van der Waals surface area contributed by atoms with E-state index in [0.29, 0.717) is 25.1 Å². The number of ether oxygens (including phenoxy) is 1. The normalized spacial score (nSPS) is 12.2. The molecule has 1 unspecified atom stereocenters. The Morgan fingerprint density at radius 1 is 0.964 bits per heavy atom. The molecular weight excluding hydrogens is 363 g/mol. The van der Waals surface area contributed by atoms with Gasteiger partial charge in [-0.05, 0) is 49.9 Å². The number of rotatable bonds is 12. The lowest BCUT2D eigenvalue weighted by Gasteiger charge is -2.10. The van der Waals surface area contributed by atoms with Gasteiger partial charge in [0.25, 0.3) is 0 Å². The highest BCUT2D eigenvalue weighted by Gasteiger charge is 2.16. The van der Waals surface area contributed by atoms with E-state index in [2.05, 4.69) is 11.9 Å². The summed E-state index contributed by atoms with van der Waals surface area (Å²) in [6.07, 6.45) is 8.29. The molecule has 1 aromatic heterocycles. The number of pyridine rings is 1. The molecule has 0 bridgehead atoms. The van der Waals surface area contributed by atoms with Crippen LogP contribution in [0.15, 0.2) is 30.5 Å². The third kappa shape index (κ3) is 6.84. The van der Waals surface area contributed by atoms with Gasteiger partial charge in [-0.15, -0.1) is 0 Å². The van der Waals surface area contributed by atoms with Crippen molar-refractivity contribution in [1.29, 1.82) is 0 Å². The average Bonchev–Trinajstić information content (AvgIpc) is 2.69. The first kappa shape index (κ1) is 22.3. The fourth-order valence-corrected chi connectivity index (χ4v) is 3.00. The van der Waals surface area contributed by atoms with Crippen LogP contribution in [0.5, 0.6) is 5.75 Å². The quantitative estimate of drug-likeness (QED) is 0.360. The van der Waals surface area contributed by atoms with Crippen molar-refractivity contribution in [2.45, 2.75) is 71.4 Å². The maximum absolute atomic E-state index is 14.5. The van der Waals surface area contributed by atoms with Gasteiger partial charge in [-0.2, -0.15) is 4.39 Å². The molecular formula is C23H30F3NO. The number of halogens is 3. The first-order chi connectivity index (χ1) is 13.5. The zero-order chi connectivity index (χ0) is 20.4. The van der Waals surface area contributed by atoms with Crippen LogP contribution < -0.4 is 4.74 Å². The lowest BCUT2D eigenvalue weighted by molar-refractivity contribution is 0.285. The van der Waals surface area contributed by atoms with Gasteiger partial charge in [-0.3, -0.25) is 4.98 Å². The number of hydrogen-bond donors (Lipinski definition) is 0. The minimum absolute atomic E-state index is 0.0663. The second kappa shape index (κ2) is 11.7. The van der Waals surface area contributed by atoms with Crippen molar-refractivity contribution >= 4 is 0 Å². The number of aromatic nitrogens is 1. The van der Waals surface area contributed by atoms with Gasteiger partial charge in [0.15, 0.2) is 11.6 Å². The zero-order valence-corrected chi connectivity index (χ0v) is 16.8. The molecule has 0 saturated heterocycles. The molecule has 28 heavy (non-hydrogen) atoms. The molecule has 0 N–H and O–H groups in total. The van der Waals surface area contributed by atoms with E-state index >= 15 is 0 Å². The Morgan fingerprint density at radius 3 is 2.39 bits per heavy atom. The highest BCUT2D eigenvalue weighted by atomic mass is 19.2. The molecule has 1 aromatic carbocycles. The van der Waals surface area contributed by atoms with Gasteiger partial charge in [0.2, 0.25) is 5.82 Å². The van der Waals surface area contributed by atoms with E-state index in [1.807, 2.05) is 0 Å². The molecule has 1 atom stereocenters. The topological polar surface area (TPSA) is 22.1 Å². The predicted molar refractivity (Wildman–Crippen MR) is 107 cm³/mol. The summed E-state index contributed by atoms with van der Waals surface area (Å²) < 4.78 is 47.2. The highest BCUT2D eigenvalue weighted by Crippen LogP contribution is 2.29. The van der Waals surface area contributed by atoms with Crippen LogP contribution in [0.4, 0.5) is 13.2 Å². The number of aryl methyl sites for hydroxylation is 1. The Labute approximate surface area is 166 Å². The summed E-state index contributed by atoms with van der Waals surface area (Å²) >= 11 is 0. The SMILES string of the molecule is CCCCCCCCOc1ccc(-c2ccc(CCC(C)F)cn2)c(F)c1F. The smallest absolute Gasteiger partial charge is 0.201 e. The van der Waals surface area contributed by atoms with Crippen LogP contribution in [0.2, 0.25) is 0 Å². The van der Waals surface area contributed by atoms with E-state index in [9.17, 15) is 13.2 Å². The number of alkyl halides is 1. The molecule has 2 aromatic rings. The number of hydrogen-bond acceptors (Lipinski definition) is 2. The molecule has 5 heteroatoms. The van der Waals surface area contributed by atoms with Crippen molar-refractivity contribution in [1.82, 2.24) is 4.98 Å². The first-order valence-corrected chi connectivity index (χ1v) is 10.2. The van der Waals surface area contributed by atoms with Crippen LogP contribution >= 0.6 is 0 Å². The van der Waals surface area contributed by atoms with Gasteiger partial charge in [-0.1, -0.05) is 45.1 Å². The van der Waals surface area contributed by atoms with Gasteiger partial charge in [0.1, 0.15) is 0 Å². The Morgan fingerprint density at radius 2 is 1.71 bits per heavy atom. The first-order valence-electron chi connectivity index (χ1n) is 10.2. The lowest BCUT2D eigenvalue weighted by atomic mass is 10.1. The van der Waals surface area contributed by atoms with Gasteiger partial charge in [0, 0.05) is 11.8 Å². The van der Waals surface area contributed by atoms with Crippen LogP contribution in [0, 0.1) is 11.6 Å². The van der Waals surface area contributed by atoms with E-state index in [1.165, 1.54) is 38.3 Å². The van der Waals surface area contributed by atoms with Gasteiger partial charge >= 0.3 is 0 Å². The van der Waals surface area contributed by atoms with Crippen molar-refractivity contribution in [2.24, 2.45) is 0 Å². The van der Waals surface area contributed by atoms with Crippen molar-refractivity contribution in [3.8, 4) is 17.0 Å². The van der Waals surface area contributed by atoms with Gasteiger partial charge in [0.05, 0.1) is 18.5 Å². The third-order valence-corrected chi connectivity index (χ3v) is 4.73. The largest absolute Gasteiger partial charge is 0.490 e. The van der Waals surface area contributed by atoms with Crippen LogP contribution in [0.25, 0.3) is 11.3 Å². The lowest BCUT2D eigenvalue weighted by Crippen LogP contribution is -2.02. The number of benzene rings is 1. The molecule has 0 radical (unpaired) electrons. The van der Waals surface area contributed by atoms with Gasteiger partial charge in [-0.25, -0.2) is 8.78 Å². The summed E-state index contributed by atoms with van der Waals surface area (Å²) in [6, 6.07) is 6.34. The maximum Gasteiger partial charge on any atom is 0.201 e. The molecule has 154 valence electrons. The highest BCUT2D eigenvalue weighted by molar-refractivity contribution is 5.61. The molecule has 0 fully saturated rings. The summed E-state index contributed by atoms with van der Waals surface area (Å²) in [7, 11) is 0. The molecule has 0 aliphatic heterocycles. The fraction of sp³-hybridized carbons (Fsp3) is 0.522. The Hall–Kier alpha value is -2.04. The zero-order valence-electron chi connectivity index (χ0n) is 16.8. The minimum Gasteiger partial charge on any atom is -0.490 e. The third-order valence-electron chi connectivity index (χ3n) is 4.73. The summed E-state index contributed by atoms with van der Waals surface area (Å²) in [5.74, 6) is -2.01. The van der Waals surface area contributed by atoms with E-state index < -0.39 is 17.8 Å². The standard InChI is InChI=1S/C23H30F3NO/c1-3-4-5-6-7-8-15-28-21-14-12-19(22(25)23(21)26)20-13-11-18(16-27-20)10-9-17(2)24/h11-14,16-17H,3-10,15H2,1-2H3. The second-order valence-electron chi connectivity index (χ2n) is 7.23. The van der Waals surface area contributed by atoms with Crippen molar-refractivity contribution in [3.63, 3.8) is 0 Å². The van der Waals surface area contributed by atoms with E-state index in [0.717, 1.165) is 24.8 Å². The van der Waals surface area contributed by atoms with Gasteiger partial charge < -0.3 is 4.74 Å². The van der Waals surface area contributed by atoms with Crippen LogP contribution in [0.3, 0.4) is 0 Å². The molecule has 0 saturated carbocycles. The van der Waals surface area contributed by atoms with E-state index in [1.54, 1.807) is 18.3 Å². The maximum atomic E-state index is 14.5. The van der Waals surface area contributed by atoms with E-state index in [-0.39, 0.29) is 11.3 Å². The molecule has 0 aliphatic rings. The van der Waals surface area contributed by atoms with Crippen molar-refractivity contribution < 1.29 is 17.9 Å². The predicted octanol–water partition coefficient (Wildman–Crippen LogP) is 7.06. The monoisotopic (exact) mass is 393 g/mol. The molecule has 1 heterocycles. The Balaban J connectivity index is 1.93. The van der Waals surface area contributed by atoms with Crippen molar-refractivity contribution in [3.05, 3.63) is 47.7 Å². The summed E-state index contributed by atoms with van der Waals surface area (Å²) in [6.45, 7) is 4.05. The molecule has 0 amide bonds. The Kier molecular flexibility index (Phi) is 9.32. The number of nitrogens with zero attached hydrogens (tertiary/aromatic N) is 1. The fourth-order valence-electron chi connectivity index (χ4n) is 3.00. The molecule has 0 aliphatic carbocycles. The molecule has 2 nitrogen and oxygen atoms in total. The van der Waals surface area contributed by atoms with Crippen LogP contribution in [-0.4, -0.2) is 17.8 Å². The summed E-state index contributed by atoms with van der Waals surface area (Å²) in [4.78, 5) is 4.20. The van der Waals surface area contributed by atoms with Crippen LogP contribution in [-0.2, 0) is 6.42 Å². The summed E-state index contributed by atoms with van der Waals surface area (Å²) in [5, 5.41) is 0. The molecule has 2 rings (SSSR count).